The summed E-state index contributed by atoms with van der Waals surface area (Å²) in [4.78, 5) is 11.2. The van der Waals surface area contributed by atoms with E-state index in [1.165, 1.54) is 25.2 Å². The maximum Gasteiger partial charge on any atom is 0.252 e. The first-order valence-corrected chi connectivity index (χ1v) is 4.20. The number of nitrogens with one attached hydrogen (secondary N) is 1. The fraction of sp³-hybridized carbons (Fsp3) is 0.0833. The first kappa shape index (κ1) is 12.8. The minimum absolute atomic E-state index is 0.0256. The van der Waals surface area contributed by atoms with E-state index < -0.39 is 0 Å². The summed E-state index contributed by atoms with van der Waals surface area (Å²) in [5.41, 5.74) is 0.780. The Morgan fingerprint density at radius 2 is 2.13 bits per heavy atom. The lowest BCUT2D eigenvalue weighted by molar-refractivity contribution is 0.0962. The van der Waals surface area contributed by atoms with Gasteiger partial charge in [-0.05, 0) is 18.2 Å². The molecule has 0 fully saturated rings. The van der Waals surface area contributed by atoms with Crippen molar-refractivity contribution in [2.45, 2.75) is 0 Å². The molecule has 0 bridgehead atoms. The molecule has 1 aromatic carbocycles. The molecule has 0 aliphatic heterocycles. The molecule has 2 N–H and O–H groups in total. The van der Waals surface area contributed by atoms with Gasteiger partial charge < -0.3 is 10.4 Å². The highest BCUT2D eigenvalue weighted by Crippen LogP contribution is 2.15. The van der Waals surface area contributed by atoms with E-state index >= 15 is 0 Å². The van der Waals surface area contributed by atoms with Crippen LogP contribution in [-0.4, -0.2) is 18.1 Å². The fourth-order valence-corrected chi connectivity index (χ4v) is 0.981. The Morgan fingerprint density at radius 3 is 2.60 bits per heavy atom. The second-order valence-electron chi connectivity index (χ2n) is 2.45. The molecule has 1 amide bonds. The molecule has 0 heterocycles. The molecule has 0 aromatic heterocycles. The van der Waals surface area contributed by atoms with Gasteiger partial charge in [0.25, 0.3) is 5.91 Å². The molecule has 0 atom stereocenters. The van der Waals surface area contributed by atoms with Crippen LogP contribution < -0.4 is 5.32 Å². The van der Waals surface area contributed by atoms with Gasteiger partial charge in [-0.3, -0.25) is 4.79 Å². The van der Waals surface area contributed by atoms with E-state index in [2.05, 4.69) is 24.4 Å². The Labute approximate surface area is 89.4 Å². The molecule has 0 saturated carbocycles. The molecule has 3 heteroatoms. The Balaban J connectivity index is 0.000000921. The lowest BCUT2D eigenvalue weighted by Gasteiger charge is -2.03. The minimum Gasteiger partial charge on any atom is -0.508 e. The number of benzene rings is 1. The molecule has 0 aliphatic rings. The number of aromatic hydroxyl groups is 1. The Morgan fingerprint density at radius 1 is 1.53 bits per heavy atom. The van der Waals surface area contributed by atoms with Crippen LogP contribution in [0.2, 0.25) is 0 Å². The molecule has 0 unspecified atom stereocenters. The summed E-state index contributed by atoms with van der Waals surface area (Å²) in [6, 6.07) is 4.32. The first-order valence-electron chi connectivity index (χ1n) is 4.20. The highest BCUT2D eigenvalue weighted by atomic mass is 16.3. The Hall–Kier alpha value is -2.21. The molecule has 0 saturated heterocycles. The molecule has 0 spiro atoms. The standard InChI is InChI=1S/C10H9NO2.C2H4/c1-3-7-4-5-8(12)6-9(7)10(13)11-2;1-2/h1,4-6,12H,2H3,(H,11,13);1-2H2. The lowest BCUT2D eigenvalue weighted by Crippen LogP contribution is -2.18. The molecule has 15 heavy (non-hydrogen) atoms. The van der Waals surface area contributed by atoms with E-state index in [0.29, 0.717) is 11.1 Å². The third kappa shape index (κ3) is 3.20. The smallest absolute Gasteiger partial charge is 0.252 e. The van der Waals surface area contributed by atoms with E-state index in [1.807, 2.05) is 0 Å². The monoisotopic (exact) mass is 203 g/mol. The van der Waals surface area contributed by atoms with Crippen molar-refractivity contribution in [1.82, 2.24) is 5.32 Å². The zero-order valence-electron chi connectivity index (χ0n) is 8.58. The number of carbonyl (C=O) groups is 1. The van der Waals surface area contributed by atoms with Crippen LogP contribution >= 0.6 is 0 Å². The molecular weight excluding hydrogens is 190 g/mol. The number of phenols is 1. The second kappa shape index (κ2) is 6.28. The van der Waals surface area contributed by atoms with Gasteiger partial charge in [-0.1, -0.05) is 5.92 Å². The van der Waals surface area contributed by atoms with Crippen molar-refractivity contribution in [3.05, 3.63) is 42.5 Å². The zero-order chi connectivity index (χ0) is 11.8. The SMILES string of the molecule is C#Cc1ccc(O)cc1C(=O)NC.C=C. The van der Waals surface area contributed by atoms with Gasteiger partial charge in [0.15, 0.2) is 0 Å². The second-order valence-corrected chi connectivity index (χ2v) is 2.45. The van der Waals surface area contributed by atoms with E-state index in [9.17, 15) is 4.79 Å². The van der Waals surface area contributed by atoms with Crippen molar-refractivity contribution in [2.24, 2.45) is 0 Å². The van der Waals surface area contributed by atoms with Crippen molar-refractivity contribution in [3.8, 4) is 18.1 Å². The summed E-state index contributed by atoms with van der Waals surface area (Å²) in [5.74, 6) is 2.09. The predicted molar refractivity (Wildman–Crippen MR) is 60.7 cm³/mol. The largest absolute Gasteiger partial charge is 0.508 e. The summed E-state index contributed by atoms with van der Waals surface area (Å²) in [7, 11) is 1.51. The van der Waals surface area contributed by atoms with Crippen LogP contribution in [0.25, 0.3) is 0 Å². The average molecular weight is 203 g/mol. The van der Waals surface area contributed by atoms with E-state index in [1.54, 1.807) is 0 Å². The first-order chi connectivity index (χ1) is 7.19. The van der Waals surface area contributed by atoms with Gasteiger partial charge in [0.1, 0.15) is 5.75 Å². The Kier molecular flexibility index (Phi) is 5.35. The van der Waals surface area contributed by atoms with Crippen LogP contribution in [0.4, 0.5) is 0 Å². The number of terminal acetylenes is 1. The van der Waals surface area contributed by atoms with E-state index in [0.717, 1.165) is 0 Å². The molecule has 1 aromatic rings. The quantitative estimate of drug-likeness (QED) is 0.537. The van der Waals surface area contributed by atoms with Gasteiger partial charge in [-0.2, -0.15) is 0 Å². The van der Waals surface area contributed by atoms with Crippen LogP contribution in [0, 0.1) is 12.3 Å². The highest BCUT2D eigenvalue weighted by Gasteiger charge is 2.08. The van der Waals surface area contributed by atoms with Crippen LogP contribution in [0.15, 0.2) is 31.4 Å². The van der Waals surface area contributed by atoms with E-state index in [-0.39, 0.29) is 11.7 Å². The fourth-order valence-electron chi connectivity index (χ4n) is 0.981. The van der Waals surface area contributed by atoms with Gasteiger partial charge in [0, 0.05) is 12.6 Å². The maximum atomic E-state index is 11.2. The average Bonchev–Trinajstić information content (AvgIpc) is 2.30. The van der Waals surface area contributed by atoms with Gasteiger partial charge >= 0.3 is 0 Å². The highest BCUT2D eigenvalue weighted by molar-refractivity contribution is 5.96. The summed E-state index contributed by atoms with van der Waals surface area (Å²) >= 11 is 0. The normalized spacial score (nSPS) is 8.00. The summed E-state index contributed by atoms with van der Waals surface area (Å²) in [5, 5.41) is 11.6. The Bertz CT molecular complexity index is 391. The van der Waals surface area contributed by atoms with Crippen LogP contribution in [-0.2, 0) is 0 Å². The number of hydrogen-bond donors (Lipinski definition) is 2. The minimum atomic E-state index is -0.302. The third-order valence-corrected chi connectivity index (χ3v) is 1.63. The van der Waals surface area contributed by atoms with Crippen molar-refractivity contribution in [1.29, 1.82) is 0 Å². The molecule has 3 nitrogen and oxygen atoms in total. The maximum absolute atomic E-state index is 11.2. The molecule has 0 aliphatic carbocycles. The number of rotatable bonds is 1. The number of carbonyl (C=O) groups excluding carboxylic acids is 1. The predicted octanol–water partition coefficient (Wildman–Crippen LogP) is 1.54. The molecule has 0 radical (unpaired) electrons. The van der Waals surface area contributed by atoms with Crippen LogP contribution in [0.3, 0.4) is 0 Å². The lowest BCUT2D eigenvalue weighted by atomic mass is 10.1. The topological polar surface area (TPSA) is 49.3 Å². The summed E-state index contributed by atoms with van der Waals surface area (Å²) in [6.45, 7) is 6.00. The van der Waals surface area contributed by atoms with Gasteiger partial charge in [0.05, 0.1) is 5.56 Å². The van der Waals surface area contributed by atoms with Gasteiger partial charge in [0.2, 0.25) is 0 Å². The molecule has 78 valence electrons. The number of phenolic OH excluding ortho intramolecular Hbond substituents is 1. The number of hydrogen-bond acceptors (Lipinski definition) is 2. The molecule has 1 rings (SSSR count). The van der Waals surface area contributed by atoms with Crippen LogP contribution in [0.1, 0.15) is 15.9 Å². The van der Waals surface area contributed by atoms with E-state index in [4.69, 9.17) is 11.5 Å². The summed E-state index contributed by atoms with van der Waals surface area (Å²) in [6.07, 6.45) is 5.18. The van der Waals surface area contributed by atoms with Crippen molar-refractivity contribution in [2.75, 3.05) is 7.05 Å². The summed E-state index contributed by atoms with van der Waals surface area (Å²) < 4.78 is 0. The molecular formula is C12H13NO2. The van der Waals surface area contributed by atoms with Crippen molar-refractivity contribution >= 4 is 5.91 Å². The zero-order valence-corrected chi connectivity index (χ0v) is 8.58. The van der Waals surface area contributed by atoms with Crippen LogP contribution in [0.5, 0.6) is 5.75 Å². The van der Waals surface area contributed by atoms with Crippen molar-refractivity contribution in [3.63, 3.8) is 0 Å². The third-order valence-electron chi connectivity index (χ3n) is 1.63. The van der Waals surface area contributed by atoms with Crippen molar-refractivity contribution < 1.29 is 9.90 Å². The number of amides is 1. The van der Waals surface area contributed by atoms with Gasteiger partial charge in [-0.15, -0.1) is 19.6 Å². The van der Waals surface area contributed by atoms with Gasteiger partial charge in [-0.25, -0.2) is 0 Å².